The third-order valence-corrected chi connectivity index (χ3v) is 3.60. The van der Waals surface area contributed by atoms with Gasteiger partial charge in [0.05, 0.1) is 6.61 Å². The molecule has 1 aliphatic heterocycles. The van der Waals surface area contributed by atoms with E-state index in [1.54, 1.807) is 12.1 Å². The van der Waals surface area contributed by atoms with Crippen LogP contribution in [-0.2, 0) is 6.42 Å². The van der Waals surface area contributed by atoms with Gasteiger partial charge in [0.15, 0.2) is 6.29 Å². The van der Waals surface area contributed by atoms with E-state index in [1.165, 1.54) is 5.56 Å². The van der Waals surface area contributed by atoms with Gasteiger partial charge < -0.3 is 4.74 Å². The minimum absolute atomic E-state index is 0.566. The van der Waals surface area contributed by atoms with Crippen LogP contribution in [0.25, 0.3) is 11.1 Å². The SMILES string of the molecule is O=Cc1cc(Cl)ccc1-c1cccc2c1OCCC2. The summed E-state index contributed by atoms with van der Waals surface area (Å²) in [6.45, 7) is 0.730. The number of ether oxygens (including phenoxy) is 1. The molecule has 0 atom stereocenters. The van der Waals surface area contributed by atoms with Crippen molar-refractivity contribution in [3.05, 3.63) is 52.5 Å². The number of aldehydes is 1. The van der Waals surface area contributed by atoms with Crippen LogP contribution in [0.4, 0.5) is 0 Å². The molecule has 0 saturated carbocycles. The van der Waals surface area contributed by atoms with Gasteiger partial charge in [-0.15, -0.1) is 0 Å². The van der Waals surface area contributed by atoms with E-state index >= 15 is 0 Å². The lowest BCUT2D eigenvalue weighted by atomic mass is 9.95. The number of fused-ring (bicyclic) bond motifs is 1. The zero-order chi connectivity index (χ0) is 13.2. The average molecular weight is 273 g/mol. The minimum atomic E-state index is 0.566. The number of carbonyl (C=O) groups excluding carboxylic acids is 1. The fourth-order valence-electron chi connectivity index (χ4n) is 2.48. The smallest absolute Gasteiger partial charge is 0.150 e. The Morgan fingerprint density at radius 2 is 2.05 bits per heavy atom. The topological polar surface area (TPSA) is 26.3 Å². The van der Waals surface area contributed by atoms with E-state index in [-0.39, 0.29) is 0 Å². The zero-order valence-electron chi connectivity index (χ0n) is 10.4. The van der Waals surface area contributed by atoms with Crippen molar-refractivity contribution in [3.8, 4) is 16.9 Å². The van der Waals surface area contributed by atoms with Gasteiger partial charge in [0, 0.05) is 16.1 Å². The highest BCUT2D eigenvalue weighted by molar-refractivity contribution is 6.31. The monoisotopic (exact) mass is 272 g/mol. The summed E-state index contributed by atoms with van der Waals surface area (Å²) in [5.74, 6) is 0.902. The Labute approximate surface area is 117 Å². The fraction of sp³-hybridized carbons (Fsp3) is 0.188. The molecule has 2 nitrogen and oxygen atoms in total. The maximum absolute atomic E-state index is 11.2. The summed E-state index contributed by atoms with van der Waals surface area (Å²) in [7, 11) is 0. The number of hydrogen-bond acceptors (Lipinski definition) is 2. The number of para-hydroxylation sites is 1. The van der Waals surface area contributed by atoms with Crippen LogP contribution < -0.4 is 4.74 Å². The van der Waals surface area contributed by atoms with Gasteiger partial charge in [0.2, 0.25) is 0 Å². The van der Waals surface area contributed by atoms with Gasteiger partial charge in [-0.3, -0.25) is 4.79 Å². The highest BCUT2D eigenvalue weighted by Crippen LogP contribution is 2.37. The van der Waals surface area contributed by atoms with Gasteiger partial charge in [0.1, 0.15) is 5.75 Å². The largest absolute Gasteiger partial charge is 0.493 e. The van der Waals surface area contributed by atoms with Gasteiger partial charge in [-0.1, -0.05) is 35.9 Å². The molecule has 1 heterocycles. The number of rotatable bonds is 2. The van der Waals surface area contributed by atoms with E-state index in [0.29, 0.717) is 10.6 Å². The van der Waals surface area contributed by atoms with E-state index in [2.05, 4.69) is 6.07 Å². The van der Waals surface area contributed by atoms with Crippen molar-refractivity contribution in [2.45, 2.75) is 12.8 Å². The standard InChI is InChI=1S/C16H13ClO2/c17-13-6-7-14(12(9-13)10-18)15-5-1-3-11-4-2-8-19-16(11)15/h1,3,5-7,9-10H,2,4,8H2. The molecule has 0 saturated heterocycles. The van der Waals surface area contributed by atoms with E-state index in [1.807, 2.05) is 18.2 Å². The van der Waals surface area contributed by atoms with Crippen LogP contribution in [0.3, 0.4) is 0 Å². The van der Waals surface area contributed by atoms with E-state index in [0.717, 1.165) is 42.6 Å². The molecular weight excluding hydrogens is 260 g/mol. The van der Waals surface area contributed by atoms with Gasteiger partial charge in [-0.2, -0.15) is 0 Å². The van der Waals surface area contributed by atoms with Crippen molar-refractivity contribution in [2.24, 2.45) is 0 Å². The molecule has 0 spiro atoms. The predicted octanol–water partition coefficient (Wildman–Crippen LogP) is 4.14. The molecule has 0 amide bonds. The normalized spacial score (nSPS) is 13.5. The molecule has 3 heteroatoms. The van der Waals surface area contributed by atoms with Crippen LogP contribution in [0.15, 0.2) is 36.4 Å². The summed E-state index contributed by atoms with van der Waals surface area (Å²) in [4.78, 5) is 11.2. The number of halogens is 1. The highest BCUT2D eigenvalue weighted by Gasteiger charge is 2.17. The van der Waals surface area contributed by atoms with Crippen LogP contribution >= 0.6 is 11.6 Å². The lowest BCUT2D eigenvalue weighted by Crippen LogP contribution is -2.09. The molecule has 0 fully saturated rings. The van der Waals surface area contributed by atoms with Crippen LogP contribution in [0, 0.1) is 0 Å². The second-order valence-corrected chi connectivity index (χ2v) is 5.03. The first-order chi connectivity index (χ1) is 9.29. The molecule has 0 N–H and O–H groups in total. The molecule has 0 unspecified atom stereocenters. The molecule has 2 aromatic rings. The first kappa shape index (κ1) is 12.2. The Morgan fingerprint density at radius 3 is 2.89 bits per heavy atom. The van der Waals surface area contributed by atoms with Crippen molar-refractivity contribution >= 4 is 17.9 Å². The Balaban J connectivity index is 2.20. The Hall–Kier alpha value is -1.80. The lowest BCUT2D eigenvalue weighted by Gasteiger charge is -2.21. The first-order valence-corrected chi connectivity index (χ1v) is 6.67. The van der Waals surface area contributed by atoms with E-state index < -0.39 is 0 Å². The van der Waals surface area contributed by atoms with Crippen molar-refractivity contribution in [1.82, 2.24) is 0 Å². The minimum Gasteiger partial charge on any atom is -0.493 e. The van der Waals surface area contributed by atoms with Gasteiger partial charge in [-0.25, -0.2) is 0 Å². The van der Waals surface area contributed by atoms with Crippen LogP contribution in [0.5, 0.6) is 5.75 Å². The lowest BCUT2D eigenvalue weighted by molar-refractivity contribution is 0.112. The first-order valence-electron chi connectivity index (χ1n) is 6.29. The number of aryl methyl sites for hydroxylation is 1. The molecule has 96 valence electrons. The fourth-order valence-corrected chi connectivity index (χ4v) is 2.66. The predicted molar refractivity (Wildman–Crippen MR) is 76.1 cm³/mol. The number of benzene rings is 2. The quantitative estimate of drug-likeness (QED) is 0.768. The van der Waals surface area contributed by atoms with Gasteiger partial charge >= 0.3 is 0 Å². The van der Waals surface area contributed by atoms with Crippen molar-refractivity contribution in [1.29, 1.82) is 0 Å². The van der Waals surface area contributed by atoms with E-state index in [9.17, 15) is 4.79 Å². The third-order valence-electron chi connectivity index (χ3n) is 3.36. The average Bonchev–Trinajstić information content (AvgIpc) is 2.46. The van der Waals surface area contributed by atoms with Crippen LogP contribution in [0.2, 0.25) is 5.02 Å². The van der Waals surface area contributed by atoms with E-state index in [4.69, 9.17) is 16.3 Å². The molecule has 0 radical (unpaired) electrons. The van der Waals surface area contributed by atoms with Crippen LogP contribution in [-0.4, -0.2) is 12.9 Å². The molecule has 3 rings (SSSR count). The summed E-state index contributed by atoms with van der Waals surface area (Å²) in [6, 6.07) is 11.4. The second kappa shape index (κ2) is 5.06. The highest BCUT2D eigenvalue weighted by atomic mass is 35.5. The van der Waals surface area contributed by atoms with Crippen LogP contribution in [0.1, 0.15) is 22.3 Å². The van der Waals surface area contributed by atoms with Crippen molar-refractivity contribution in [3.63, 3.8) is 0 Å². The molecule has 2 aromatic carbocycles. The molecular formula is C16H13ClO2. The maximum Gasteiger partial charge on any atom is 0.150 e. The summed E-state index contributed by atoms with van der Waals surface area (Å²) < 4.78 is 5.79. The molecule has 0 bridgehead atoms. The Bertz CT molecular complexity index is 635. The van der Waals surface area contributed by atoms with Gasteiger partial charge in [0.25, 0.3) is 0 Å². The summed E-state index contributed by atoms with van der Waals surface area (Å²) >= 11 is 5.94. The Morgan fingerprint density at radius 1 is 1.16 bits per heavy atom. The third kappa shape index (κ3) is 2.24. The molecule has 0 aliphatic carbocycles. The second-order valence-electron chi connectivity index (χ2n) is 4.60. The zero-order valence-corrected chi connectivity index (χ0v) is 11.1. The van der Waals surface area contributed by atoms with Gasteiger partial charge in [-0.05, 0) is 36.1 Å². The molecule has 19 heavy (non-hydrogen) atoms. The Kier molecular flexibility index (Phi) is 3.26. The molecule has 1 aliphatic rings. The molecule has 0 aromatic heterocycles. The maximum atomic E-state index is 11.2. The van der Waals surface area contributed by atoms with Crippen molar-refractivity contribution < 1.29 is 9.53 Å². The summed E-state index contributed by atoms with van der Waals surface area (Å²) in [5.41, 5.74) is 3.64. The number of carbonyl (C=O) groups is 1. The summed E-state index contributed by atoms with van der Waals surface area (Å²) in [5, 5.41) is 0.566. The summed E-state index contributed by atoms with van der Waals surface area (Å²) in [6.07, 6.45) is 2.90. The number of hydrogen-bond donors (Lipinski definition) is 0. The van der Waals surface area contributed by atoms with Crippen molar-refractivity contribution in [2.75, 3.05) is 6.61 Å².